The van der Waals surface area contributed by atoms with Gasteiger partial charge in [0.2, 0.25) is 0 Å². The summed E-state index contributed by atoms with van der Waals surface area (Å²) in [7, 11) is -3.27. The Bertz CT molecular complexity index is 490. The Hall–Kier alpha value is -0.860. The molecule has 0 N–H and O–H groups in total. The number of nitrogens with zero attached hydrogens (tertiary/aromatic N) is 1. The van der Waals surface area contributed by atoms with E-state index >= 15 is 0 Å². The first-order chi connectivity index (χ1) is 7.00. The zero-order valence-electron chi connectivity index (χ0n) is 8.14. The molecule has 0 saturated carbocycles. The highest BCUT2D eigenvalue weighted by molar-refractivity contribution is 9.09. The van der Waals surface area contributed by atoms with Crippen molar-refractivity contribution in [2.45, 2.75) is 10.8 Å². The summed E-state index contributed by atoms with van der Waals surface area (Å²) in [6, 6.07) is 8.66. The molecular weight excluding hydrogens is 278 g/mol. The molecule has 1 atom stereocenters. The topological polar surface area (TPSA) is 57.9 Å². The minimum atomic E-state index is -3.27. The van der Waals surface area contributed by atoms with Crippen LogP contribution in [0.25, 0.3) is 0 Å². The van der Waals surface area contributed by atoms with Gasteiger partial charge < -0.3 is 0 Å². The fraction of sp³-hybridized carbons (Fsp3) is 0.300. The van der Waals surface area contributed by atoms with Crippen LogP contribution in [0.4, 0.5) is 0 Å². The van der Waals surface area contributed by atoms with Gasteiger partial charge in [0.25, 0.3) is 0 Å². The van der Waals surface area contributed by atoms with E-state index in [0.717, 1.165) is 6.26 Å². The van der Waals surface area contributed by atoms with Gasteiger partial charge in [-0.2, -0.15) is 5.26 Å². The smallest absolute Gasteiger partial charge is 0.175 e. The van der Waals surface area contributed by atoms with Gasteiger partial charge in [0, 0.05) is 11.6 Å². The van der Waals surface area contributed by atoms with Crippen LogP contribution in [0.3, 0.4) is 0 Å². The van der Waals surface area contributed by atoms with Crippen LogP contribution in [0.1, 0.15) is 11.5 Å². The summed E-state index contributed by atoms with van der Waals surface area (Å²) in [5.41, 5.74) is 0.555. The van der Waals surface area contributed by atoms with E-state index in [4.69, 9.17) is 5.26 Å². The van der Waals surface area contributed by atoms with Crippen molar-refractivity contribution in [3.63, 3.8) is 0 Å². The maximum Gasteiger partial charge on any atom is 0.175 e. The number of rotatable bonds is 3. The van der Waals surface area contributed by atoms with Gasteiger partial charge in [-0.25, -0.2) is 8.42 Å². The van der Waals surface area contributed by atoms with Crippen molar-refractivity contribution in [3.8, 4) is 6.07 Å². The summed E-state index contributed by atoms with van der Waals surface area (Å²) in [6.07, 6.45) is 1.15. The third kappa shape index (κ3) is 2.80. The second kappa shape index (κ2) is 4.77. The minimum Gasteiger partial charge on any atom is -0.224 e. The first-order valence-corrected chi connectivity index (χ1v) is 7.26. The van der Waals surface area contributed by atoms with E-state index in [1.54, 1.807) is 18.2 Å². The van der Waals surface area contributed by atoms with Gasteiger partial charge in [0.15, 0.2) is 9.84 Å². The molecule has 0 bridgehead atoms. The molecule has 0 aliphatic heterocycles. The van der Waals surface area contributed by atoms with Gasteiger partial charge in [-0.15, -0.1) is 0 Å². The molecule has 0 spiro atoms. The van der Waals surface area contributed by atoms with E-state index in [9.17, 15) is 8.42 Å². The largest absolute Gasteiger partial charge is 0.224 e. The van der Waals surface area contributed by atoms with Gasteiger partial charge in [-0.05, 0) is 11.6 Å². The predicted octanol–water partition coefficient (Wildman–Crippen LogP) is 2.09. The second-order valence-electron chi connectivity index (χ2n) is 3.15. The summed E-state index contributed by atoms with van der Waals surface area (Å²) in [5.74, 6) is -0.434. The van der Waals surface area contributed by atoms with Crippen LogP contribution >= 0.6 is 15.9 Å². The number of hydrogen-bond donors (Lipinski definition) is 0. The Morgan fingerprint density at radius 1 is 1.47 bits per heavy atom. The first-order valence-electron chi connectivity index (χ1n) is 4.25. The molecule has 3 nitrogen and oxygen atoms in total. The van der Waals surface area contributed by atoms with Crippen molar-refractivity contribution in [2.24, 2.45) is 0 Å². The van der Waals surface area contributed by atoms with E-state index in [2.05, 4.69) is 22.0 Å². The third-order valence-corrected chi connectivity index (χ3v) is 3.82. The molecule has 0 radical (unpaired) electrons. The number of nitriles is 1. The van der Waals surface area contributed by atoms with E-state index in [1.165, 1.54) is 6.07 Å². The molecule has 0 aromatic heterocycles. The number of halogens is 1. The molecule has 1 aromatic rings. The Morgan fingerprint density at radius 2 is 2.07 bits per heavy atom. The molecule has 1 aromatic carbocycles. The molecular formula is C10H10BrNO2S. The van der Waals surface area contributed by atoms with E-state index in [1.807, 2.05) is 0 Å². The average Bonchev–Trinajstić information content (AvgIpc) is 2.19. The van der Waals surface area contributed by atoms with Crippen LogP contribution in [0.15, 0.2) is 29.2 Å². The van der Waals surface area contributed by atoms with Gasteiger partial charge in [0.05, 0.1) is 16.9 Å². The van der Waals surface area contributed by atoms with Crippen LogP contribution in [-0.4, -0.2) is 20.0 Å². The lowest BCUT2D eigenvalue weighted by molar-refractivity contribution is 0.600. The predicted molar refractivity (Wildman–Crippen MR) is 61.7 cm³/mol. The first kappa shape index (κ1) is 12.2. The zero-order chi connectivity index (χ0) is 11.5. The Kier molecular flexibility index (Phi) is 3.89. The van der Waals surface area contributed by atoms with Crippen molar-refractivity contribution in [3.05, 3.63) is 29.8 Å². The van der Waals surface area contributed by atoms with Gasteiger partial charge >= 0.3 is 0 Å². The van der Waals surface area contributed by atoms with Crippen molar-refractivity contribution in [2.75, 3.05) is 11.6 Å². The number of benzene rings is 1. The summed E-state index contributed by atoms with van der Waals surface area (Å²) < 4.78 is 22.9. The number of alkyl halides is 1. The molecule has 0 aliphatic rings. The standard InChI is InChI=1S/C10H10BrNO2S/c1-15(13,14)10-5-3-2-4-9(10)8(6-11)7-12/h2-5,8H,6H2,1H3. The average molecular weight is 288 g/mol. The molecule has 0 fully saturated rings. The van der Waals surface area contributed by atoms with Crippen LogP contribution < -0.4 is 0 Å². The molecule has 0 amide bonds. The lowest BCUT2D eigenvalue weighted by atomic mass is 10.0. The Morgan fingerprint density at radius 3 is 2.53 bits per heavy atom. The normalized spacial score (nSPS) is 13.1. The summed E-state index contributed by atoms with van der Waals surface area (Å²) in [4.78, 5) is 0.232. The molecule has 5 heteroatoms. The molecule has 0 saturated heterocycles. The molecule has 0 aliphatic carbocycles. The van der Waals surface area contributed by atoms with Crippen molar-refractivity contribution in [1.82, 2.24) is 0 Å². The molecule has 1 unspecified atom stereocenters. The lowest BCUT2D eigenvalue weighted by Gasteiger charge is -2.10. The summed E-state index contributed by atoms with van der Waals surface area (Å²) >= 11 is 3.20. The minimum absolute atomic E-state index is 0.232. The van der Waals surface area contributed by atoms with E-state index in [0.29, 0.717) is 10.9 Å². The highest BCUT2D eigenvalue weighted by Crippen LogP contribution is 2.24. The van der Waals surface area contributed by atoms with Gasteiger partial charge in [0.1, 0.15) is 0 Å². The summed E-state index contributed by atoms with van der Waals surface area (Å²) in [5, 5.41) is 9.32. The Balaban J connectivity index is 3.38. The highest BCUT2D eigenvalue weighted by Gasteiger charge is 2.18. The van der Waals surface area contributed by atoms with Crippen LogP contribution in [0.5, 0.6) is 0 Å². The van der Waals surface area contributed by atoms with E-state index < -0.39 is 15.8 Å². The quantitative estimate of drug-likeness (QED) is 0.800. The molecule has 0 heterocycles. The third-order valence-electron chi connectivity index (χ3n) is 2.00. The maximum atomic E-state index is 11.5. The molecule has 15 heavy (non-hydrogen) atoms. The fourth-order valence-corrected chi connectivity index (χ4v) is 2.75. The zero-order valence-corrected chi connectivity index (χ0v) is 10.5. The molecule has 80 valence electrons. The second-order valence-corrected chi connectivity index (χ2v) is 5.78. The fourth-order valence-electron chi connectivity index (χ4n) is 1.29. The van der Waals surface area contributed by atoms with Crippen LogP contribution in [0.2, 0.25) is 0 Å². The SMILES string of the molecule is CS(=O)(=O)c1ccccc1C(C#N)CBr. The Labute approximate surface area is 97.8 Å². The van der Waals surface area contributed by atoms with Crippen molar-refractivity contribution < 1.29 is 8.42 Å². The monoisotopic (exact) mass is 287 g/mol. The summed E-state index contributed by atoms with van der Waals surface area (Å²) in [6.45, 7) is 0. The maximum absolute atomic E-state index is 11.5. The van der Waals surface area contributed by atoms with E-state index in [-0.39, 0.29) is 4.90 Å². The molecule has 1 rings (SSSR count). The van der Waals surface area contributed by atoms with Crippen molar-refractivity contribution in [1.29, 1.82) is 5.26 Å². The van der Waals surface area contributed by atoms with Crippen molar-refractivity contribution >= 4 is 25.8 Å². The van der Waals surface area contributed by atoms with Crippen LogP contribution in [0, 0.1) is 11.3 Å². The number of hydrogen-bond acceptors (Lipinski definition) is 3. The van der Waals surface area contributed by atoms with Gasteiger partial charge in [-0.3, -0.25) is 0 Å². The highest BCUT2D eigenvalue weighted by atomic mass is 79.9. The lowest BCUT2D eigenvalue weighted by Crippen LogP contribution is -2.06. The van der Waals surface area contributed by atoms with Crippen LogP contribution in [-0.2, 0) is 9.84 Å². The van der Waals surface area contributed by atoms with Gasteiger partial charge in [-0.1, -0.05) is 34.1 Å². The number of sulfone groups is 1.